The van der Waals surface area contributed by atoms with Crippen molar-refractivity contribution >= 4 is 45.2 Å². The normalized spacial score (nSPS) is 14.4. The van der Waals surface area contributed by atoms with Crippen LogP contribution in [0.5, 0.6) is 0 Å². The SMILES string of the molecule is Clc1ccc(N2CCN(c3nc(-c4ccccc4)nc4c3oc3ccccc34)CC2)cc1. The van der Waals surface area contributed by atoms with Gasteiger partial charge < -0.3 is 14.2 Å². The average Bonchev–Trinajstić information content (AvgIpc) is 3.23. The summed E-state index contributed by atoms with van der Waals surface area (Å²) in [5.41, 5.74) is 4.65. The Hall–Kier alpha value is -3.57. The van der Waals surface area contributed by atoms with Crippen LogP contribution >= 0.6 is 11.6 Å². The molecule has 0 atom stereocenters. The number of benzene rings is 3. The van der Waals surface area contributed by atoms with Gasteiger partial charge in [-0.2, -0.15) is 0 Å². The van der Waals surface area contributed by atoms with E-state index in [4.69, 9.17) is 26.0 Å². The van der Waals surface area contributed by atoms with Gasteiger partial charge in [-0.15, -0.1) is 0 Å². The quantitative estimate of drug-likeness (QED) is 0.343. The van der Waals surface area contributed by atoms with Crippen molar-refractivity contribution in [1.82, 2.24) is 9.97 Å². The van der Waals surface area contributed by atoms with Gasteiger partial charge in [0.2, 0.25) is 0 Å². The number of furan rings is 1. The Bertz CT molecular complexity index is 1390. The van der Waals surface area contributed by atoms with Crippen molar-refractivity contribution in [2.24, 2.45) is 0 Å². The molecule has 5 nitrogen and oxygen atoms in total. The molecule has 5 aromatic rings. The minimum Gasteiger partial charge on any atom is -0.450 e. The van der Waals surface area contributed by atoms with E-state index < -0.39 is 0 Å². The molecule has 0 radical (unpaired) electrons. The van der Waals surface area contributed by atoms with Gasteiger partial charge in [0.15, 0.2) is 17.2 Å². The van der Waals surface area contributed by atoms with Crippen molar-refractivity contribution in [1.29, 1.82) is 0 Å². The van der Waals surface area contributed by atoms with Crippen LogP contribution < -0.4 is 9.80 Å². The number of fused-ring (bicyclic) bond motifs is 3. The first kappa shape index (κ1) is 19.1. The maximum atomic E-state index is 6.26. The zero-order valence-corrected chi connectivity index (χ0v) is 18.2. The van der Waals surface area contributed by atoms with Gasteiger partial charge in [0.1, 0.15) is 11.1 Å². The van der Waals surface area contributed by atoms with E-state index in [0.717, 1.165) is 70.5 Å². The van der Waals surface area contributed by atoms with Gasteiger partial charge in [0, 0.05) is 47.8 Å². The van der Waals surface area contributed by atoms with E-state index >= 15 is 0 Å². The van der Waals surface area contributed by atoms with Crippen LogP contribution in [-0.2, 0) is 0 Å². The molecule has 6 rings (SSSR count). The summed E-state index contributed by atoms with van der Waals surface area (Å²) in [5, 5.41) is 1.78. The van der Waals surface area contributed by atoms with Crippen molar-refractivity contribution in [3.63, 3.8) is 0 Å². The van der Waals surface area contributed by atoms with E-state index in [0.29, 0.717) is 0 Å². The van der Waals surface area contributed by atoms with Crippen LogP contribution in [0.4, 0.5) is 11.5 Å². The molecular weight excluding hydrogens is 420 g/mol. The fourth-order valence-electron chi connectivity index (χ4n) is 4.34. The third kappa shape index (κ3) is 3.35. The molecule has 6 heteroatoms. The smallest absolute Gasteiger partial charge is 0.196 e. The molecule has 1 aliphatic heterocycles. The summed E-state index contributed by atoms with van der Waals surface area (Å²) >= 11 is 6.06. The van der Waals surface area contributed by atoms with Crippen LogP contribution in [0.2, 0.25) is 5.02 Å². The highest BCUT2D eigenvalue weighted by atomic mass is 35.5. The van der Waals surface area contributed by atoms with Gasteiger partial charge in [0.05, 0.1) is 0 Å². The van der Waals surface area contributed by atoms with E-state index in [2.05, 4.69) is 28.0 Å². The Kier molecular flexibility index (Phi) is 4.69. The molecule has 3 aromatic carbocycles. The summed E-state index contributed by atoms with van der Waals surface area (Å²) in [6.07, 6.45) is 0. The Labute approximate surface area is 190 Å². The molecule has 158 valence electrons. The second-order valence-corrected chi connectivity index (χ2v) is 8.40. The van der Waals surface area contributed by atoms with Gasteiger partial charge in [-0.1, -0.05) is 54.1 Å². The monoisotopic (exact) mass is 440 g/mol. The number of rotatable bonds is 3. The van der Waals surface area contributed by atoms with Crippen LogP contribution in [0, 0.1) is 0 Å². The number of piperazine rings is 1. The van der Waals surface area contributed by atoms with Gasteiger partial charge >= 0.3 is 0 Å². The van der Waals surface area contributed by atoms with Crippen molar-refractivity contribution in [3.8, 4) is 11.4 Å². The number of nitrogens with zero attached hydrogens (tertiary/aromatic N) is 4. The molecule has 0 aliphatic carbocycles. The molecule has 0 bridgehead atoms. The molecule has 3 heterocycles. The number of anilines is 2. The lowest BCUT2D eigenvalue weighted by atomic mass is 10.2. The number of hydrogen-bond acceptors (Lipinski definition) is 5. The Morgan fingerprint density at radius 1 is 0.719 bits per heavy atom. The number of hydrogen-bond donors (Lipinski definition) is 0. The zero-order chi connectivity index (χ0) is 21.5. The standard InChI is InChI=1S/C26H21ClN4O/c27-19-10-12-20(13-11-19)30-14-16-31(17-15-30)26-24-23(21-8-4-5-9-22(21)32-24)28-25(29-26)18-6-2-1-3-7-18/h1-13H,14-17H2. The summed E-state index contributed by atoms with van der Waals surface area (Å²) in [7, 11) is 0. The molecule has 0 unspecified atom stereocenters. The van der Waals surface area contributed by atoms with Gasteiger partial charge in [-0.3, -0.25) is 0 Å². The summed E-state index contributed by atoms with van der Waals surface area (Å²) < 4.78 is 6.26. The third-order valence-electron chi connectivity index (χ3n) is 6.00. The molecule has 0 amide bonds. The van der Waals surface area contributed by atoms with E-state index in [-0.39, 0.29) is 0 Å². The first-order chi connectivity index (χ1) is 15.8. The number of aromatic nitrogens is 2. The summed E-state index contributed by atoms with van der Waals surface area (Å²) in [6.45, 7) is 3.49. The average molecular weight is 441 g/mol. The van der Waals surface area contributed by atoms with Gasteiger partial charge in [-0.05, 0) is 36.4 Å². The zero-order valence-electron chi connectivity index (χ0n) is 17.4. The minimum atomic E-state index is 0.722. The fourth-order valence-corrected chi connectivity index (χ4v) is 4.46. The van der Waals surface area contributed by atoms with Gasteiger partial charge in [-0.25, -0.2) is 9.97 Å². The lowest BCUT2D eigenvalue weighted by Gasteiger charge is -2.36. The molecular formula is C26H21ClN4O. The fraction of sp³-hybridized carbons (Fsp3) is 0.154. The first-order valence-electron chi connectivity index (χ1n) is 10.8. The molecule has 1 aliphatic rings. The minimum absolute atomic E-state index is 0.722. The predicted octanol–water partition coefficient (Wildman–Crippen LogP) is 6.02. The number of halogens is 1. The van der Waals surface area contributed by atoms with Crippen LogP contribution in [0.15, 0.2) is 83.3 Å². The van der Waals surface area contributed by atoms with Crippen LogP contribution in [0.1, 0.15) is 0 Å². The van der Waals surface area contributed by atoms with E-state index in [9.17, 15) is 0 Å². The molecule has 0 saturated carbocycles. The van der Waals surface area contributed by atoms with Crippen LogP contribution in [0.25, 0.3) is 33.5 Å². The lowest BCUT2D eigenvalue weighted by molar-refractivity contribution is 0.629. The highest BCUT2D eigenvalue weighted by Gasteiger charge is 2.24. The molecule has 0 spiro atoms. The molecule has 1 saturated heterocycles. The van der Waals surface area contributed by atoms with Crippen molar-refractivity contribution in [3.05, 3.63) is 83.9 Å². The van der Waals surface area contributed by atoms with Crippen molar-refractivity contribution < 1.29 is 4.42 Å². The van der Waals surface area contributed by atoms with E-state index in [1.807, 2.05) is 60.7 Å². The molecule has 1 fully saturated rings. The summed E-state index contributed by atoms with van der Waals surface area (Å²) in [5.74, 6) is 1.58. The highest BCUT2D eigenvalue weighted by molar-refractivity contribution is 6.30. The Balaban J connectivity index is 1.40. The van der Waals surface area contributed by atoms with E-state index in [1.165, 1.54) is 5.69 Å². The van der Waals surface area contributed by atoms with Crippen LogP contribution in [-0.4, -0.2) is 36.1 Å². The maximum Gasteiger partial charge on any atom is 0.196 e. The van der Waals surface area contributed by atoms with Crippen molar-refractivity contribution in [2.45, 2.75) is 0 Å². The number of para-hydroxylation sites is 1. The second kappa shape index (κ2) is 7.84. The molecule has 0 N–H and O–H groups in total. The third-order valence-corrected chi connectivity index (χ3v) is 6.26. The Morgan fingerprint density at radius 3 is 2.19 bits per heavy atom. The summed E-state index contributed by atoms with van der Waals surface area (Å²) in [4.78, 5) is 14.6. The van der Waals surface area contributed by atoms with Gasteiger partial charge in [0.25, 0.3) is 0 Å². The Morgan fingerprint density at radius 2 is 1.41 bits per heavy atom. The largest absolute Gasteiger partial charge is 0.450 e. The predicted molar refractivity (Wildman–Crippen MR) is 131 cm³/mol. The van der Waals surface area contributed by atoms with Crippen molar-refractivity contribution in [2.75, 3.05) is 36.0 Å². The van der Waals surface area contributed by atoms with E-state index in [1.54, 1.807) is 0 Å². The molecule has 32 heavy (non-hydrogen) atoms. The lowest BCUT2D eigenvalue weighted by Crippen LogP contribution is -2.47. The first-order valence-corrected chi connectivity index (χ1v) is 11.1. The molecule has 2 aromatic heterocycles. The second-order valence-electron chi connectivity index (χ2n) is 7.96. The topological polar surface area (TPSA) is 45.4 Å². The summed E-state index contributed by atoms with van der Waals surface area (Å²) in [6, 6.07) is 26.2. The van der Waals surface area contributed by atoms with Crippen LogP contribution in [0.3, 0.4) is 0 Å². The maximum absolute atomic E-state index is 6.26. The highest BCUT2D eigenvalue weighted by Crippen LogP contribution is 2.35.